The van der Waals surface area contributed by atoms with Gasteiger partial charge in [0.2, 0.25) is 11.0 Å². The van der Waals surface area contributed by atoms with Crippen LogP contribution in [0, 0.1) is 11.8 Å². The SMILES string of the molecule is CC1CCCC(CNc2nc(C(F)(F)F)ns2)C1. The molecule has 0 aliphatic heterocycles. The minimum atomic E-state index is -4.45. The van der Waals surface area contributed by atoms with E-state index in [2.05, 4.69) is 21.6 Å². The first kappa shape index (κ1) is 13.6. The van der Waals surface area contributed by atoms with Gasteiger partial charge < -0.3 is 5.32 Å². The number of aromatic nitrogens is 2. The summed E-state index contributed by atoms with van der Waals surface area (Å²) >= 11 is 0.774. The Labute approximate surface area is 108 Å². The molecule has 0 amide bonds. The third-order valence-corrected chi connectivity index (χ3v) is 3.94. The van der Waals surface area contributed by atoms with Crippen LogP contribution in [0.1, 0.15) is 38.4 Å². The zero-order chi connectivity index (χ0) is 13.2. The van der Waals surface area contributed by atoms with Gasteiger partial charge >= 0.3 is 6.18 Å². The second-order valence-electron chi connectivity index (χ2n) is 4.94. The van der Waals surface area contributed by atoms with Crippen molar-refractivity contribution in [2.45, 2.75) is 38.8 Å². The van der Waals surface area contributed by atoms with Crippen LogP contribution in [-0.4, -0.2) is 15.9 Å². The average molecular weight is 279 g/mol. The third kappa shape index (κ3) is 3.57. The molecule has 0 radical (unpaired) electrons. The van der Waals surface area contributed by atoms with E-state index in [4.69, 9.17) is 0 Å². The van der Waals surface area contributed by atoms with Gasteiger partial charge in [-0.3, -0.25) is 0 Å². The van der Waals surface area contributed by atoms with E-state index in [1.165, 1.54) is 12.8 Å². The van der Waals surface area contributed by atoms with Crippen molar-refractivity contribution in [3.05, 3.63) is 5.82 Å². The van der Waals surface area contributed by atoms with Crippen LogP contribution in [0.15, 0.2) is 0 Å². The van der Waals surface area contributed by atoms with Gasteiger partial charge in [0.1, 0.15) is 0 Å². The molecule has 1 aromatic rings. The molecule has 0 bridgehead atoms. The Morgan fingerprint density at radius 2 is 2.17 bits per heavy atom. The normalized spacial score (nSPS) is 25.1. The van der Waals surface area contributed by atoms with Crippen LogP contribution < -0.4 is 5.32 Å². The van der Waals surface area contributed by atoms with E-state index in [0.717, 1.165) is 24.4 Å². The number of anilines is 1. The van der Waals surface area contributed by atoms with Crippen LogP contribution in [0.3, 0.4) is 0 Å². The molecule has 0 aromatic carbocycles. The first-order valence-corrected chi connectivity index (χ1v) is 6.87. The molecule has 2 rings (SSSR count). The molecule has 2 atom stereocenters. The molecule has 3 nitrogen and oxygen atoms in total. The maximum atomic E-state index is 12.3. The second kappa shape index (κ2) is 5.42. The molecule has 7 heteroatoms. The Morgan fingerprint density at radius 1 is 1.39 bits per heavy atom. The maximum absolute atomic E-state index is 12.3. The number of hydrogen-bond donors (Lipinski definition) is 1. The fraction of sp³-hybridized carbons (Fsp3) is 0.818. The van der Waals surface area contributed by atoms with Crippen molar-refractivity contribution in [1.29, 1.82) is 0 Å². The molecule has 2 unspecified atom stereocenters. The minimum Gasteiger partial charge on any atom is -0.360 e. The number of alkyl halides is 3. The zero-order valence-electron chi connectivity index (χ0n) is 10.1. The van der Waals surface area contributed by atoms with Gasteiger partial charge in [-0.2, -0.15) is 22.5 Å². The van der Waals surface area contributed by atoms with Gasteiger partial charge in [-0.1, -0.05) is 19.8 Å². The lowest BCUT2D eigenvalue weighted by molar-refractivity contribution is -0.144. The first-order valence-electron chi connectivity index (χ1n) is 6.10. The Morgan fingerprint density at radius 3 is 2.78 bits per heavy atom. The van der Waals surface area contributed by atoms with Crippen molar-refractivity contribution >= 4 is 16.7 Å². The molecule has 0 saturated heterocycles. The smallest absolute Gasteiger partial charge is 0.360 e. The molecule has 1 aromatic heterocycles. The standard InChI is InChI=1S/C11H16F3N3S/c1-7-3-2-4-8(5-7)6-15-10-16-9(17-18-10)11(12,13)14/h7-8H,2-6H2,1H3,(H,15,16,17). The third-order valence-electron chi connectivity index (χ3n) is 3.27. The quantitative estimate of drug-likeness (QED) is 0.914. The zero-order valence-corrected chi connectivity index (χ0v) is 10.9. The molecule has 1 fully saturated rings. The number of nitrogens with zero attached hydrogens (tertiary/aromatic N) is 2. The molecule has 102 valence electrons. The molecule has 1 heterocycles. The predicted molar refractivity (Wildman–Crippen MR) is 64.5 cm³/mol. The summed E-state index contributed by atoms with van der Waals surface area (Å²) in [5, 5.41) is 3.24. The van der Waals surface area contributed by atoms with E-state index in [9.17, 15) is 13.2 Å². The number of hydrogen-bond acceptors (Lipinski definition) is 4. The summed E-state index contributed by atoms with van der Waals surface area (Å²) in [5.41, 5.74) is 0. The van der Waals surface area contributed by atoms with Crippen molar-refractivity contribution in [3.63, 3.8) is 0 Å². The Hall–Kier alpha value is -0.850. The van der Waals surface area contributed by atoms with Gasteiger partial charge in [0.05, 0.1) is 0 Å². The maximum Gasteiger partial charge on any atom is 0.452 e. The highest BCUT2D eigenvalue weighted by Crippen LogP contribution is 2.31. The highest BCUT2D eigenvalue weighted by Gasteiger charge is 2.36. The summed E-state index contributed by atoms with van der Waals surface area (Å²) in [6.45, 7) is 2.91. The lowest BCUT2D eigenvalue weighted by Gasteiger charge is -2.26. The molecule has 1 N–H and O–H groups in total. The molecule has 0 spiro atoms. The van der Waals surface area contributed by atoms with Gasteiger partial charge in [-0.25, -0.2) is 0 Å². The van der Waals surface area contributed by atoms with Crippen molar-refractivity contribution in [2.24, 2.45) is 11.8 Å². The van der Waals surface area contributed by atoms with Gasteiger partial charge in [-0.15, -0.1) is 0 Å². The van der Waals surface area contributed by atoms with Crippen molar-refractivity contribution in [3.8, 4) is 0 Å². The van der Waals surface area contributed by atoms with E-state index in [0.29, 0.717) is 18.4 Å². The average Bonchev–Trinajstić information content (AvgIpc) is 2.74. The van der Waals surface area contributed by atoms with Crippen LogP contribution >= 0.6 is 11.5 Å². The van der Waals surface area contributed by atoms with Crippen LogP contribution in [0.25, 0.3) is 0 Å². The molecule has 1 saturated carbocycles. The van der Waals surface area contributed by atoms with Crippen LogP contribution in [-0.2, 0) is 6.18 Å². The summed E-state index contributed by atoms with van der Waals surface area (Å²) in [6, 6.07) is 0. The fourth-order valence-electron chi connectivity index (χ4n) is 2.39. The Balaban J connectivity index is 1.85. The lowest BCUT2D eigenvalue weighted by atomic mass is 9.82. The largest absolute Gasteiger partial charge is 0.452 e. The number of halogens is 3. The van der Waals surface area contributed by atoms with Crippen LogP contribution in [0.4, 0.5) is 18.3 Å². The molecule has 1 aliphatic rings. The van der Waals surface area contributed by atoms with E-state index in [1.54, 1.807) is 0 Å². The van der Waals surface area contributed by atoms with Gasteiger partial charge in [0.15, 0.2) is 0 Å². The lowest BCUT2D eigenvalue weighted by Crippen LogP contribution is -2.21. The fourth-order valence-corrected chi connectivity index (χ4v) is 2.98. The van der Waals surface area contributed by atoms with Gasteiger partial charge in [0, 0.05) is 18.1 Å². The summed E-state index contributed by atoms with van der Waals surface area (Å²) in [4.78, 5) is 3.46. The topological polar surface area (TPSA) is 37.8 Å². The monoisotopic (exact) mass is 279 g/mol. The molecular weight excluding hydrogens is 263 g/mol. The number of nitrogens with one attached hydrogen (secondary N) is 1. The van der Waals surface area contributed by atoms with Crippen molar-refractivity contribution in [2.75, 3.05) is 11.9 Å². The van der Waals surface area contributed by atoms with Crippen molar-refractivity contribution < 1.29 is 13.2 Å². The molecule has 1 aliphatic carbocycles. The van der Waals surface area contributed by atoms with Crippen LogP contribution in [0.5, 0.6) is 0 Å². The highest BCUT2D eigenvalue weighted by atomic mass is 32.1. The predicted octanol–water partition coefficient (Wildman–Crippen LogP) is 3.80. The summed E-state index contributed by atoms with van der Waals surface area (Å²) in [6.07, 6.45) is 0.293. The van der Waals surface area contributed by atoms with Gasteiger partial charge in [0.25, 0.3) is 0 Å². The highest BCUT2D eigenvalue weighted by molar-refractivity contribution is 7.09. The summed E-state index contributed by atoms with van der Waals surface area (Å²) < 4.78 is 40.2. The van der Waals surface area contributed by atoms with E-state index >= 15 is 0 Å². The second-order valence-corrected chi connectivity index (χ2v) is 5.69. The number of rotatable bonds is 3. The van der Waals surface area contributed by atoms with Gasteiger partial charge in [-0.05, 0) is 24.7 Å². The first-order chi connectivity index (χ1) is 8.45. The molecular formula is C11H16F3N3S. The van der Waals surface area contributed by atoms with E-state index in [1.807, 2.05) is 0 Å². The minimum absolute atomic E-state index is 0.264. The van der Waals surface area contributed by atoms with Crippen LogP contribution in [0.2, 0.25) is 0 Å². The summed E-state index contributed by atoms with van der Waals surface area (Å²) in [7, 11) is 0. The summed E-state index contributed by atoms with van der Waals surface area (Å²) in [5.74, 6) is 0.199. The van der Waals surface area contributed by atoms with E-state index < -0.39 is 12.0 Å². The Bertz CT molecular complexity index is 391. The van der Waals surface area contributed by atoms with E-state index in [-0.39, 0.29) is 5.13 Å². The molecule has 18 heavy (non-hydrogen) atoms. The Kier molecular flexibility index (Phi) is 4.09. The van der Waals surface area contributed by atoms with Crippen molar-refractivity contribution in [1.82, 2.24) is 9.36 Å².